The number of carbonyl (C=O) groups is 1. The van der Waals surface area contributed by atoms with Crippen LogP contribution in [0.15, 0.2) is 41.3 Å². The monoisotopic (exact) mass is 355 g/mol. The predicted molar refractivity (Wildman–Crippen MR) is 99.3 cm³/mol. The average Bonchev–Trinajstić information content (AvgIpc) is 2.69. The van der Waals surface area contributed by atoms with E-state index in [1.165, 1.54) is 42.8 Å². The third-order valence-corrected chi connectivity index (χ3v) is 5.22. The van der Waals surface area contributed by atoms with Crippen LogP contribution in [0.4, 0.5) is 0 Å². The number of carbonyl (C=O) groups excluding carboxylic acids is 1. The van der Waals surface area contributed by atoms with E-state index in [9.17, 15) is 14.7 Å². The molecule has 6 nitrogen and oxygen atoms in total. The Morgan fingerprint density at radius 2 is 1.96 bits per heavy atom. The first-order chi connectivity index (χ1) is 12.6. The Bertz CT molecular complexity index is 811. The molecule has 6 heteroatoms. The first-order valence-corrected chi connectivity index (χ1v) is 9.18. The number of amides is 1. The van der Waals surface area contributed by atoms with Crippen molar-refractivity contribution in [1.82, 2.24) is 15.1 Å². The molecule has 1 aromatic carbocycles. The van der Waals surface area contributed by atoms with Crippen LogP contribution in [0.25, 0.3) is 0 Å². The van der Waals surface area contributed by atoms with Crippen LogP contribution in [0.2, 0.25) is 0 Å². The summed E-state index contributed by atoms with van der Waals surface area (Å²) in [6.45, 7) is 0.520. The summed E-state index contributed by atoms with van der Waals surface area (Å²) < 4.78 is 1.54. The molecule has 2 N–H and O–H groups in total. The van der Waals surface area contributed by atoms with Crippen molar-refractivity contribution in [2.24, 2.45) is 5.92 Å². The van der Waals surface area contributed by atoms with Crippen molar-refractivity contribution in [1.29, 1.82) is 0 Å². The van der Waals surface area contributed by atoms with Crippen LogP contribution in [-0.2, 0) is 6.54 Å². The fraction of sp³-hybridized carbons (Fsp3) is 0.450. The molecule has 1 atom stereocenters. The van der Waals surface area contributed by atoms with Crippen LogP contribution in [-0.4, -0.2) is 27.8 Å². The highest BCUT2D eigenvalue weighted by Gasteiger charge is 2.26. The maximum absolute atomic E-state index is 12.0. The van der Waals surface area contributed by atoms with Crippen molar-refractivity contribution in [2.75, 3.05) is 7.05 Å². The van der Waals surface area contributed by atoms with Gasteiger partial charge >= 0.3 is 0 Å². The van der Waals surface area contributed by atoms with E-state index in [4.69, 9.17) is 0 Å². The SMILES string of the molecule is CNC(=O)c1nn(C[C@H](c2ccccc2)C2CCCCC2)cc(O)c1=O. The summed E-state index contributed by atoms with van der Waals surface area (Å²) in [5.41, 5.74) is 0.207. The van der Waals surface area contributed by atoms with Gasteiger partial charge in [-0.15, -0.1) is 0 Å². The second-order valence-electron chi connectivity index (χ2n) is 6.91. The second-order valence-corrected chi connectivity index (χ2v) is 6.91. The van der Waals surface area contributed by atoms with Gasteiger partial charge in [0.1, 0.15) is 0 Å². The molecule has 0 radical (unpaired) electrons. The Balaban J connectivity index is 1.95. The Morgan fingerprint density at radius 3 is 2.62 bits per heavy atom. The zero-order chi connectivity index (χ0) is 18.5. The van der Waals surface area contributed by atoms with Gasteiger partial charge in [0.2, 0.25) is 0 Å². The molecule has 138 valence electrons. The predicted octanol–water partition coefficient (Wildman–Crippen LogP) is 2.67. The van der Waals surface area contributed by atoms with E-state index in [2.05, 4.69) is 22.5 Å². The van der Waals surface area contributed by atoms with Crippen molar-refractivity contribution in [2.45, 2.75) is 44.6 Å². The molecule has 1 heterocycles. The lowest BCUT2D eigenvalue weighted by molar-refractivity contribution is 0.0953. The Morgan fingerprint density at radius 1 is 1.27 bits per heavy atom. The molecule has 1 saturated carbocycles. The number of nitrogens with zero attached hydrogens (tertiary/aromatic N) is 2. The normalized spacial score (nSPS) is 16.2. The fourth-order valence-electron chi connectivity index (χ4n) is 3.85. The zero-order valence-corrected chi connectivity index (χ0v) is 15.0. The van der Waals surface area contributed by atoms with Crippen LogP contribution in [0, 0.1) is 5.92 Å². The number of nitrogens with one attached hydrogen (secondary N) is 1. The van der Waals surface area contributed by atoms with Crippen LogP contribution < -0.4 is 10.7 Å². The minimum Gasteiger partial charge on any atom is -0.503 e. The summed E-state index contributed by atoms with van der Waals surface area (Å²) >= 11 is 0. The quantitative estimate of drug-likeness (QED) is 0.864. The van der Waals surface area contributed by atoms with Gasteiger partial charge in [-0.3, -0.25) is 14.3 Å². The molecule has 0 aliphatic heterocycles. The smallest absolute Gasteiger partial charge is 0.275 e. The van der Waals surface area contributed by atoms with E-state index < -0.39 is 17.1 Å². The fourth-order valence-corrected chi connectivity index (χ4v) is 3.85. The van der Waals surface area contributed by atoms with Gasteiger partial charge in [-0.1, -0.05) is 49.6 Å². The van der Waals surface area contributed by atoms with Gasteiger partial charge < -0.3 is 10.4 Å². The van der Waals surface area contributed by atoms with Gasteiger partial charge in [-0.05, 0) is 24.3 Å². The zero-order valence-electron chi connectivity index (χ0n) is 15.0. The standard InChI is InChI=1S/C20H25N3O3/c1-21-20(26)18-19(25)17(24)13-23(22-18)12-16(14-8-4-2-5-9-14)15-10-6-3-7-11-15/h2,4-5,8-9,13,15-16,24H,3,6-7,10-12H2,1H3,(H,21,26)/t16-/m1/s1. The maximum Gasteiger partial charge on any atom is 0.275 e. The number of aromatic hydroxyl groups is 1. The number of hydrogen-bond acceptors (Lipinski definition) is 4. The van der Waals surface area contributed by atoms with Crippen molar-refractivity contribution >= 4 is 5.91 Å². The van der Waals surface area contributed by atoms with Gasteiger partial charge in [0.15, 0.2) is 11.4 Å². The topological polar surface area (TPSA) is 84.2 Å². The first-order valence-electron chi connectivity index (χ1n) is 9.18. The lowest BCUT2D eigenvalue weighted by Gasteiger charge is -2.31. The minimum absolute atomic E-state index is 0.225. The van der Waals surface area contributed by atoms with E-state index in [1.807, 2.05) is 18.2 Å². The molecule has 1 aromatic heterocycles. The average molecular weight is 355 g/mol. The number of benzene rings is 1. The summed E-state index contributed by atoms with van der Waals surface area (Å²) in [6.07, 6.45) is 7.37. The number of hydrogen-bond donors (Lipinski definition) is 2. The molecule has 1 aliphatic rings. The molecule has 26 heavy (non-hydrogen) atoms. The maximum atomic E-state index is 12.0. The van der Waals surface area contributed by atoms with E-state index >= 15 is 0 Å². The van der Waals surface area contributed by atoms with Crippen LogP contribution >= 0.6 is 0 Å². The molecule has 0 unspecified atom stereocenters. The summed E-state index contributed by atoms with van der Waals surface area (Å²) in [5, 5.41) is 16.6. The number of rotatable bonds is 5. The summed E-state index contributed by atoms with van der Waals surface area (Å²) in [7, 11) is 1.44. The molecule has 1 aliphatic carbocycles. The van der Waals surface area contributed by atoms with E-state index in [1.54, 1.807) is 0 Å². The minimum atomic E-state index is -0.741. The molecule has 3 rings (SSSR count). The van der Waals surface area contributed by atoms with Crippen molar-refractivity contribution in [3.63, 3.8) is 0 Å². The van der Waals surface area contributed by atoms with Crippen LogP contribution in [0.5, 0.6) is 5.75 Å². The molecule has 0 spiro atoms. The van der Waals surface area contributed by atoms with E-state index in [-0.39, 0.29) is 11.6 Å². The van der Waals surface area contributed by atoms with E-state index in [0.717, 1.165) is 12.8 Å². The molecule has 1 amide bonds. The second kappa shape index (κ2) is 8.17. The van der Waals surface area contributed by atoms with Crippen molar-refractivity contribution < 1.29 is 9.90 Å². The highest BCUT2D eigenvalue weighted by atomic mass is 16.3. The molecular formula is C20H25N3O3. The van der Waals surface area contributed by atoms with Crippen LogP contribution in [0.3, 0.4) is 0 Å². The lowest BCUT2D eigenvalue weighted by Crippen LogP contribution is -2.30. The van der Waals surface area contributed by atoms with Gasteiger partial charge in [-0.25, -0.2) is 0 Å². The van der Waals surface area contributed by atoms with Crippen LogP contribution in [0.1, 0.15) is 54.1 Å². The van der Waals surface area contributed by atoms with Gasteiger partial charge in [-0.2, -0.15) is 5.10 Å². The lowest BCUT2D eigenvalue weighted by atomic mass is 9.77. The van der Waals surface area contributed by atoms with Crippen molar-refractivity contribution in [3.8, 4) is 5.75 Å². The highest BCUT2D eigenvalue weighted by Crippen LogP contribution is 2.37. The number of aromatic nitrogens is 2. The largest absolute Gasteiger partial charge is 0.503 e. The molecule has 0 saturated heterocycles. The van der Waals surface area contributed by atoms with Gasteiger partial charge in [0.25, 0.3) is 11.3 Å². The Labute approximate surface area is 152 Å². The molecule has 2 aromatic rings. The van der Waals surface area contributed by atoms with Gasteiger partial charge in [0, 0.05) is 19.5 Å². The first kappa shape index (κ1) is 18.2. The molecular weight excluding hydrogens is 330 g/mol. The summed E-state index contributed by atoms with van der Waals surface area (Å²) in [5.74, 6) is -0.288. The van der Waals surface area contributed by atoms with Crippen molar-refractivity contribution in [3.05, 3.63) is 58.0 Å². The molecule has 0 bridgehead atoms. The Hall–Kier alpha value is -2.63. The highest BCUT2D eigenvalue weighted by molar-refractivity contribution is 5.92. The third-order valence-electron chi connectivity index (χ3n) is 5.22. The summed E-state index contributed by atoms with van der Waals surface area (Å²) in [6, 6.07) is 10.3. The Kier molecular flexibility index (Phi) is 5.71. The van der Waals surface area contributed by atoms with Gasteiger partial charge in [0.05, 0.1) is 6.20 Å². The summed E-state index contributed by atoms with van der Waals surface area (Å²) in [4.78, 5) is 23.9. The molecule has 1 fully saturated rings. The van der Waals surface area contributed by atoms with E-state index in [0.29, 0.717) is 12.5 Å². The third kappa shape index (κ3) is 3.95.